The van der Waals surface area contributed by atoms with Crippen molar-refractivity contribution >= 4 is 32.3 Å². The first-order chi connectivity index (χ1) is 24.8. The van der Waals surface area contributed by atoms with Gasteiger partial charge in [-0.2, -0.15) is 0 Å². The largest absolute Gasteiger partial charge is 0.0720 e. The van der Waals surface area contributed by atoms with Gasteiger partial charge in [-0.05, 0) is 123 Å². The summed E-state index contributed by atoms with van der Waals surface area (Å²) in [5.74, 6) is 0. The highest BCUT2D eigenvalue weighted by atomic mass is 14.6. The van der Waals surface area contributed by atoms with Crippen molar-refractivity contribution in [1.29, 1.82) is 0 Å². The van der Waals surface area contributed by atoms with Gasteiger partial charge in [0.25, 0.3) is 0 Å². The van der Waals surface area contributed by atoms with E-state index < -0.39 is 10.8 Å². The van der Waals surface area contributed by atoms with E-state index in [2.05, 4.69) is 182 Å². The Hall–Kier alpha value is -6.24. The lowest BCUT2D eigenvalue weighted by molar-refractivity contribution is 0.641. The third kappa shape index (κ3) is 2.93. The van der Waals surface area contributed by atoms with Crippen molar-refractivity contribution < 1.29 is 0 Å². The molecule has 0 N–H and O–H groups in total. The van der Waals surface area contributed by atoms with Crippen LogP contribution in [0.1, 0.15) is 44.5 Å². The van der Waals surface area contributed by atoms with Gasteiger partial charge in [-0.3, -0.25) is 0 Å². The standard InChI is InChI=1S/C50H30/c1-3-19-35(20-4-1)49-41-25-13-11-23-37(41)45-39-27-31-15-7-8-16-32(31)28-40(39)46-38-24-12-14-26-42(38)50(48(46)47(45)49,36-21-5-2-6-22-36)44-30-34-18-10-9-17-33(34)29-43(44)49/h1-30H. The van der Waals surface area contributed by atoms with E-state index in [9.17, 15) is 0 Å². The molecular weight excluding hydrogens is 601 g/mol. The predicted octanol–water partition coefficient (Wildman–Crippen LogP) is 12.2. The Morgan fingerprint density at radius 2 is 0.620 bits per heavy atom. The highest BCUT2D eigenvalue weighted by molar-refractivity contribution is 6.18. The van der Waals surface area contributed by atoms with E-state index in [4.69, 9.17) is 0 Å². The monoisotopic (exact) mass is 630 g/mol. The highest BCUT2D eigenvalue weighted by Crippen LogP contribution is 2.72. The van der Waals surface area contributed by atoms with Crippen LogP contribution in [-0.2, 0) is 10.8 Å². The summed E-state index contributed by atoms with van der Waals surface area (Å²) in [5.41, 5.74) is 15.5. The predicted molar refractivity (Wildman–Crippen MR) is 207 cm³/mol. The number of rotatable bonds is 2. The topological polar surface area (TPSA) is 0 Å². The van der Waals surface area contributed by atoms with Crippen molar-refractivity contribution in [2.24, 2.45) is 0 Å². The van der Waals surface area contributed by atoms with Crippen molar-refractivity contribution in [1.82, 2.24) is 0 Å². The Bertz CT molecular complexity index is 2720. The molecule has 2 unspecified atom stereocenters. The molecule has 0 heteroatoms. The molecule has 9 aromatic carbocycles. The molecule has 9 aromatic rings. The van der Waals surface area contributed by atoms with Gasteiger partial charge in [0.2, 0.25) is 0 Å². The number of benzene rings is 9. The molecular formula is C50H30. The lowest BCUT2D eigenvalue weighted by Crippen LogP contribution is -2.43. The zero-order chi connectivity index (χ0) is 32.6. The van der Waals surface area contributed by atoms with Crippen molar-refractivity contribution in [3.05, 3.63) is 226 Å². The summed E-state index contributed by atoms with van der Waals surface area (Å²) in [5, 5.41) is 7.79. The summed E-state index contributed by atoms with van der Waals surface area (Å²) in [6, 6.07) is 69.2. The molecule has 0 saturated heterocycles. The summed E-state index contributed by atoms with van der Waals surface area (Å²) in [4.78, 5) is 0. The summed E-state index contributed by atoms with van der Waals surface area (Å²) in [6.07, 6.45) is 0. The van der Waals surface area contributed by atoms with Crippen molar-refractivity contribution in [2.75, 3.05) is 0 Å². The van der Waals surface area contributed by atoms with E-state index in [1.54, 1.807) is 0 Å². The third-order valence-corrected chi connectivity index (χ3v) is 12.2. The summed E-state index contributed by atoms with van der Waals surface area (Å²) in [6.45, 7) is 0. The van der Waals surface area contributed by atoms with Gasteiger partial charge in [0.05, 0.1) is 10.8 Å². The molecule has 230 valence electrons. The Morgan fingerprint density at radius 1 is 0.280 bits per heavy atom. The van der Waals surface area contributed by atoms with Crippen LogP contribution in [0.5, 0.6) is 0 Å². The second-order valence-corrected chi connectivity index (χ2v) is 14.3. The minimum Gasteiger partial charge on any atom is -0.0622 e. The normalized spacial score (nSPS) is 19.0. The molecule has 3 aliphatic rings. The van der Waals surface area contributed by atoms with Crippen LogP contribution in [-0.4, -0.2) is 0 Å². The first-order valence-electron chi connectivity index (χ1n) is 17.7. The van der Waals surface area contributed by atoms with E-state index in [-0.39, 0.29) is 0 Å². The second-order valence-electron chi connectivity index (χ2n) is 14.3. The van der Waals surface area contributed by atoms with Crippen molar-refractivity contribution in [2.45, 2.75) is 10.8 Å². The first kappa shape index (κ1) is 26.7. The minimum absolute atomic E-state index is 0.503. The summed E-state index contributed by atoms with van der Waals surface area (Å²) < 4.78 is 0. The fourth-order valence-corrected chi connectivity index (χ4v) is 10.5. The Labute approximate surface area is 290 Å². The average molecular weight is 631 g/mol. The fraction of sp³-hybridized carbons (Fsp3) is 0.0400. The summed E-state index contributed by atoms with van der Waals surface area (Å²) in [7, 11) is 0. The van der Waals surface area contributed by atoms with Crippen LogP contribution >= 0.6 is 0 Å². The van der Waals surface area contributed by atoms with Crippen LogP contribution in [0.3, 0.4) is 0 Å². The molecule has 0 nitrogen and oxygen atoms in total. The van der Waals surface area contributed by atoms with Crippen LogP contribution < -0.4 is 0 Å². The third-order valence-electron chi connectivity index (χ3n) is 12.2. The Balaban J connectivity index is 1.45. The van der Waals surface area contributed by atoms with Gasteiger partial charge in [0, 0.05) is 0 Å². The zero-order valence-electron chi connectivity index (χ0n) is 27.3. The smallest absolute Gasteiger partial charge is 0.0622 e. The van der Waals surface area contributed by atoms with Gasteiger partial charge < -0.3 is 0 Å². The maximum absolute atomic E-state index is 2.54. The van der Waals surface area contributed by atoms with Gasteiger partial charge in [-0.15, -0.1) is 0 Å². The van der Waals surface area contributed by atoms with E-state index in [0.29, 0.717) is 0 Å². The van der Waals surface area contributed by atoms with Crippen molar-refractivity contribution in [3.8, 4) is 22.3 Å². The molecule has 0 amide bonds. The SMILES string of the molecule is c1ccc(C23c4ccccc4-c4c2c2c(c5cc6ccccc6cc45)-c4ccccc4C2(c2ccccc2)c2cc4ccccc4cc23)cc1. The number of fused-ring (bicyclic) bond motifs is 14. The number of hydrogen-bond acceptors (Lipinski definition) is 0. The van der Waals surface area contributed by atoms with E-state index in [1.165, 1.54) is 99.1 Å². The lowest BCUT2D eigenvalue weighted by atomic mass is 9.52. The lowest BCUT2D eigenvalue weighted by Gasteiger charge is -2.48. The maximum Gasteiger partial charge on any atom is 0.0720 e. The molecule has 12 rings (SSSR count). The van der Waals surface area contributed by atoms with E-state index in [0.717, 1.165) is 0 Å². The molecule has 0 aliphatic heterocycles. The maximum atomic E-state index is 2.54. The van der Waals surface area contributed by atoms with Gasteiger partial charge >= 0.3 is 0 Å². The quantitative estimate of drug-likeness (QED) is 0.167. The van der Waals surface area contributed by atoms with E-state index in [1.807, 2.05) is 0 Å². The Morgan fingerprint density at radius 3 is 1.04 bits per heavy atom. The molecule has 0 radical (unpaired) electrons. The van der Waals surface area contributed by atoms with Crippen LogP contribution in [0.4, 0.5) is 0 Å². The zero-order valence-corrected chi connectivity index (χ0v) is 27.3. The van der Waals surface area contributed by atoms with Crippen molar-refractivity contribution in [3.63, 3.8) is 0 Å². The molecule has 0 saturated carbocycles. The van der Waals surface area contributed by atoms with Gasteiger partial charge in [-0.1, -0.05) is 158 Å². The molecule has 0 heterocycles. The van der Waals surface area contributed by atoms with Crippen LogP contribution in [0.15, 0.2) is 182 Å². The fourth-order valence-electron chi connectivity index (χ4n) is 10.5. The van der Waals surface area contributed by atoms with E-state index >= 15 is 0 Å². The molecule has 2 atom stereocenters. The Kier molecular flexibility index (Phi) is 4.94. The van der Waals surface area contributed by atoms with Gasteiger partial charge in [0.15, 0.2) is 0 Å². The molecule has 50 heavy (non-hydrogen) atoms. The van der Waals surface area contributed by atoms with Crippen LogP contribution in [0.2, 0.25) is 0 Å². The number of hydrogen-bond donors (Lipinski definition) is 0. The molecule has 0 fully saturated rings. The van der Waals surface area contributed by atoms with Gasteiger partial charge in [0.1, 0.15) is 0 Å². The second kappa shape index (κ2) is 9.26. The van der Waals surface area contributed by atoms with Crippen LogP contribution in [0.25, 0.3) is 54.6 Å². The molecule has 0 bridgehead atoms. The molecule has 3 aliphatic carbocycles. The minimum atomic E-state index is -0.503. The summed E-state index contributed by atoms with van der Waals surface area (Å²) >= 11 is 0. The average Bonchev–Trinajstić information content (AvgIpc) is 3.67. The highest BCUT2D eigenvalue weighted by Gasteiger charge is 2.61. The molecule has 0 spiro atoms. The van der Waals surface area contributed by atoms with Gasteiger partial charge in [-0.25, -0.2) is 0 Å². The van der Waals surface area contributed by atoms with Crippen LogP contribution in [0, 0.1) is 0 Å². The first-order valence-corrected chi connectivity index (χ1v) is 17.7. The molecule has 0 aromatic heterocycles.